The Labute approximate surface area is 128 Å². The van der Waals surface area contributed by atoms with E-state index in [0.29, 0.717) is 5.56 Å². The predicted molar refractivity (Wildman–Crippen MR) is 81.2 cm³/mol. The highest BCUT2D eigenvalue weighted by Gasteiger charge is 2.18. The standard InChI is InChI=1S/C13H10BrN3O4/c14-10-2-1-3-11(6-10)15-8-9-4-5-12(16(18)19)7-13(9)17(20)21/h1-7,15H,8H2. The van der Waals surface area contributed by atoms with Crippen LogP contribution < -0.4 is 5.32 Å². The van der Waals surface area contributed by atoms with Crippen LogP contribution in [0.4, 0.5) is 17.1 Å². The number of non-ortho nitro benzene ring substituents is 1. The van der Waals surface area contributed by atoms with E-state index in [1.165, 1.54) is 12.1 Å². The van der Waals surface area contributed by atoms with E-state index in [0.717, 1.165) is 16.2 Å². The van der Waals surface area contributed by atoms with Crippen molar-refractivity contribution in [2.45, 2.75) is 6.54 Å². The zero-order chi connectivity index (χ0) is 15.4. The summed E-state index contributed by atoms with van der Waals surface area (Å²) in [5, 5.41) is 24.7. The first-order chi connectivity index (χ1) is 9.97. The summed E-state index contributed by atoms with van der Waals surface area (Å²) in [5.74, 6) is 0. The van der Waals surface area contributed by atoms with Gasteiger partial charge in [-0.1, -0.05) is 22.0 Å². The van der Waals surface area contributed by atoms with E-state index in [9.17, 15) is 20.2 Å². The number of nitrogens with zero attached hydrogens (tertiary/aromatic N) is 2. The van der Waals surface area contributed by atoms with Gasteiger partial charge in [-0.15, -0.1) is 0 Å². The predicted octanol–water partition coefficient (Wildman–Crippen LogP) is 3.88. The van der Waals surface area contributed by atoms with Crippen LogP contribution in [0.15, 0.2) is 46.9 Å². The first-order valence-corrected chi connectivity index (χ1v) is 6.68. The van der Waals surface area contributed by atoms with Crippen LogP contribution in [0.5, 0.6) is 0 Å². The lowest BCUT2D eigenvalue weighted by atomic mass is 10.1. The van der Waals surface area contributed by atoms with Crippen LogP contribution in [0.25, 0.3) is 0 Å². The average molecular weight is 352 g/mol. The number of rotatable bonds is 5. The molecule has 2 rings (SSSR count). The molecule has 0 unspecified atom stereocenters. The monoisotopic (exact) mass is 351 g/mol. The van der Waals surface area contributed by atoms with Crippen molar-refractivity contribution >= 4 is 33.0 Å². The van der Waals surface area contributed by atoms with Crippen molar-refractivity contribution in [3.63, 3.8) is 0 Å². The number of hydrogen-bond acceptors (Lipinski definition) is 5. The maximum absolute atomic E-state index is 11.0. The Morgan fingerprint density at radius 2 is 1.81 bits per heavy atom. The summed E-state index contributed by atoms with van der Waals surface area (Å²) in [6.45, 7) is 0.199. The van der Waals surface area contributed by atoms with E-state index >= 15 is 0 Å². The van der Waals surface area contributed by atoms with Gasteiger partial charge in [0.1, 0.15) is 0 Å². The summed E-state index contributed by atoms with van der Waals surface area (Å²) in [4.78, 5) is 20.4. The van der Waals surface area contributed by atoms with E-state index in [2.05, 4.69) is 21.2 Å². The highest BCUT2D eigenvalue weighted by Crippen LogP contribution is 2.25. The van der Waals surface area contributed by atoms with Crippen LogP contribution in [0, 0.1) is 20.2 Å². The summed E-state index contributed by atoms with van der Waals surface area (Å²) in [7, 11) is 0. The molecule has 0 bridgehead atoms. The molecule has 8 heteroatoms. The third kappa shape index (κ3) is 3.76. The van der Waals surface area contributed by atoms with Gasteiger partial charge < -0.3 is 5.32 Å². The number of nitro groups is 2. The number of anilines is 1. The van der Waals surface area contributed by atoms with E-state index in [1.54, 1.807) is 0 Å². The second-order valence-electron chi connectivity index (χ2n) is 4.19. The Kier molecular flexibility index (Phi) is 4.49. The smallest absolute Gasteiger partial charge is 0.281 e. The van der Waals surface area contributed by atoms with Gasteiger partial charge in [-0.3, -0.25) is 20.2 Å². The Hall–Kier alpha value is -2.48. The molecule has 0 spiro atoms. The molecule has 7 nitrogen and oxygen atoms in total. The third-order valence-electron chi connectivity index (χ3n) is 2.78. The quantitative estimate of drug-likeness (QED) is 0.650. The molecule has 21 heavy (non-hydrogen) atoms. The fourth-order valence-electron chi connectivity index (χ4n) is 1.78. The van der Waals surface area contributed by atoms with Gasteiger partial charge in [0.05, 0.1) is 15.9 Å². The molecule has 2 aromatic carbocycles. The van der Waals surface area contributed by atoms with Crippen molar-refractivity contribution in [2.75, 3.05) is 5.32 Å². The van der Waals surface area contributed by atoms with Gasteiger partial charge in [0, 0.05) is 28.3 Å². The van der Waals surface area contributed by atoms with Crippen molar-refractivity contribution < 1.29 is 9.85 Å². The van der Waals surface area contributed by atoms with Crippen molar-refractivity contribution in [1.82, 2.24) is 0 Å². The number of hydrogen-bond donors (Lipinski definition) is 1. The van der Waals surface area contributed by atoms with Crippen molar-refractivity contribution in [3.8, 4) is 0 Å². The SMILES string of the molecule is O=[N+]([O-])c1ccc(CNc2cccc(Br)c2)c([N+](=O)[O-])c1. The maximum atomic E-state index is 11.0. The summed E-state index contributed by atoms with van der Waals surface area (Å²) in [6, 6.07) is 11.0. The molecule has 0 fully saturated rings. The molecule has 0 heterocycles. The zero-order valence-corrected chi connectivity index (χ0v) is 12.2. The molecule has 108 valence electrons. The van der Waals surface area contributed by atoms with E-state index in [-0.39, 0.29) is 17.9 Å². The molecule has 2 aromatic rings. The topological polar surface area (TPSA) is 98.3 Å². The third-order valence-corrected chi connectivity index (χ3v) is 3.28. The average Bonchev–Trinajstić information content (AvgIpc) is 2.44. The normalized spacial score (nSPS) is 10.1. The van der Waals surface area contributed by atoms with Gasteiger partial charge >= 0.3 is 0 Å². The van der Waals surface area contributed by atoms with Crippen LogP contribution in [0.3, 0.4) is 0 Å². The largest absolute Gasteiger partial charge is 0.381 e. The summed E-state index contributed by atoms with van der Waals surface area (Å²) in [5.41, 5.74) is 0.599. The number of nitrogens with one attached hydrogen (secondary N) is 1. The van der Waals surface area contributed by atoms with E-state index < -0.39 is 9.85 Å². The minimum Gasteiger partial charge on any atom is -0.381 e. The Balaban J connectivity index is 2.23. The minimum atomic E-state index is -0.654. The van der Waals surface area contributed by atoms with Gasteiger partial charge in [0.25, 0.3) is 11.4 Å². The molecule has 0 amide bonds. The van der Waals surface area contributed by atoms with Crippen LogP contribution >= 0.6 is 15.9 Å². The summed E-state index contributed by atoms with van der Waals surface area (Å²) < 4.78 is 0.880. The van der Waals surface area contributed by atoms with Gasteiger partial charge in [-0.2, -0.15) is 0 Å². The Morgan fingerprint density at radius 3 is 2.43 bits per heavy atom. The minimum absolute atomic E-state index is 0.199. The lowest BCUT2D eigenvalue weighted by Crippen LogP contribution is -2.04. The molecule has 0 aliphatic heterocycles. The zero-order valence-electron chi connectivity index (χ0n) is 10.7. The summed E-state index contributed by atoms with van der Waals surface area (Å²) in [6.07, 6.45) is 0. The Bertz CT molecular complexity index is 706. The lowest BCUT2D eigenvalue weighted by molar-refractivity contribution is -0.394. The van der Waals surface area contributed by atoms with Crippen LogP contribution in [0.2, 0.25) is 0 Å². The number of benzene rings is 2. The fourth-order valence-corrected chi connectivity index (χ4v) is 2.18. The molecule has 0 aromatic heterocycles. The maximum Gasteiger partial charge on any atom is 0.281 e. The molecule has 0 saturated carbocycles. The lowest BCUT2D eigenvalue weighted by Gasteiger charge is -2.07. The number of halogens is 1. The second-order valence-corrected chi connectivity index (χ2v) is 5.11. The fraction of sp³-hybridized carbons (Fsp3) is 0.0769. The van der Waals surface area contributed by atoms with Gasteiger partial charge in [-0.25, -0.2) is 0 Å². The van der Waals surface area contributed by atoms with Gasteiger partial charge in [-0.05, 0) is 24.3 Å². The van der Waals surface area contributed by atoms with Gasteiger partial charge in [0.2, 0.25) is 0 Å². The van der Waals surface area contributed by atoms with E-state index in [1.807, 2.05) is 24.3 Å². The second kappa shape index (κ2) is 6.31. The molecule has 0 aliphatic rings. The molecule has 0 atom stereocenters. The molecule has 0 radical (unpaired) electrons. The van der Waals surface area contributed by atoms with Crippen LogP contribution in [-0.2, 0) is 6.54 Å². The first kappa shape index (κ1) is 14.9. The van der Waals surface area contributed by atoms with Crippen LogP contribution in [0.1, 0.15) is 5.56 Å². The molecule has 0 saturated heterocycles. The highest BCUT2D eigenvalue weighted by atomic mass is 79.9. The first-order valence-electron chi connectivity index (χ1n) is 5.88. The molecular weight excluding hydrogens is 342 g/mol. The molecular formula is C13H10BrN3O4. The summed E-state index contributed by atoms with van der Waals surface area (Å²) >= 11 is 3.33. The van der Waals surface area contributed by atoms with Crippen molar-refractivity contribution in [1.29, 1.82) is 0 Å². The number of nitro benzene ring substituents is 2. The Morgan fingerprint density at radius 1 is 1.05 bits per heavy atom. The van der Waals surface area contributed by atoms with Crippen molar-refractivity contribution in [3.05, 3.63) is 72.7 Å². The molecule has 1 N–H and O–H groups in total. The molecule has 0 aliphatic carbocycles. The van der Waals surface area contributed by atoms with Crippen molar-refractivity contribution in [2.24, 2.45) is 0 Å². The highest BCUT2D eigenvalue weighted by molar-refractivity contribution is 9.10. The van der Waals surface area contributed by atoms with Crippen LogP contribution in [-0.4, -0.2) is 9.85 Å². The van der Waals surface area contributed by atoms with E-state index in [4.69, 9.17) is 0 Å². The van der Waals surface area contributed by atoms with Gasteiger partial charge in [0.15, 0.2) is 0 Å².